The first-order valence-electron chi connectivity index (χ1n) is 10.3. The average Bonchev–Trinajstić information content (AvgIpc) is 2.86. The van der Waals surface area contributed by atoms with Gasteiger partial charge < -0.3 is 20.1 Å². The van der Waals surface area contributed by atoms with Gasteiger partial charge in [-0.2, -0.15) is 5.26 Å². The second-order valence-electron chi connectivity index (χ2n) is 7.07. The lowest BCUT2D eigenvalue weighted by atomic mass is 10.1. The van der Waals surface area contributed by atoms with Gasteiger partial charge in [0.25, 0.3) is 11.8 Å². The topological polar surface area (TPSA) is 100 Å². The molecule has 3 aromatic carbocycles. The molecule has 0 spiro atoms. The molecule has 0 radical (unpaired) electrons. The smallest absolute Gasteiger partial charge is 0.262 e. The Morgan fingerprint density at radius 1 is 1.03 bits per heavy atom. The van der Waals surface area contributed by atoms with E-state index in [1.165, 1.54) is 13.2 Å². The van der Waals surface area contributed by atoms with Crippen molar-refractivity contribution in [3.05, 3.63) is 94.5 Å². The van der Waals surface area contributed by atoms with Crippen LogP contribution >= 0.6 is 11.6 Å². The van der Waals surface area contributed by atoms with E-state index in [2.05, 4.69) is 10.6 Å². The SMILES string of the molecule is COc1cc(/C=C(\C#N)C(=O)NCc2ccccc2)ccc1OCC(=O)Nc1ccccc1Cl. The summed E-state index contributed by atoms with van der Waals surface area (Å²) in [7, 11) is 1.46. The van der Waals surface area contributed by atoms with Crippen LogP contribution in [0.1, 0.15) is 11.1 Å². The van der Waals surface area contributed by atoms with E-state index >= 15 is 0 Å². The largest absolute Gasteiger partial charge is 0.493 e. The van der Waals surface area contributed by atoms with Gasteiger partial charge in [0.15, 0.2) is 18.1 Å². The number of halogens is 1. The van der Waals surface area contributed by atoms with Crippen LogP contribution in [0.4, 0.5) is 5.69 Å². The Balaban J connectivity index is 1.64. The molecule has 8 heteroatoms. The van der Waals surface area contributed by atoms with Gasteiger partial charge in [-0.1, -0.05) is 60.1 Å². The first-order chi connectivity index (χ1) is 16.5. The number of carbonyl (C=O) groups is 2. The summed E-state index contributed by atoms with van der Waals surface area (Å²) in [5.74, 6) is -0.190. The molecular weight excluding hydrogens is 454 g/mol. The normalized spacial score (nSPS) is 10.7. The van der Waals surface area contributed by atoms with Gasteiger partial charge in [-0.15, -0.1) is 0 Å². The van der Waals surface area contributed by atoms with Crippen molar-refractivity contribution in [3.63, 3.8) is 0 Å². The number of nitriles is 1. The summed E-state index contributed by atoms with van der Waals surface area (Å²) in [4.78, 5) is 24.6. The van der Waals surface area contributed by atoms with Crippen molar-refractivity contribution in [1.82, 2.24) is 5.32 Å². The number of benzene rings is 3. The Morgan fingerprint density at radius 2 is 1.76 bits per heavy atom. The second kappa shape index (κ2) is 12.1. The van der Waals surface area contributed by atoms with Gasteiger partial charge in [-0.3, -0.25) is 9.59 Å². The van der Waals surface area contributed by atoms with Crippen LogP contribution in [0.25, 0.3) is 6.08 Å². The molecule has 34 heavy (non-hydrogen) atoms. The summed E-state index contributed by atoms with van der Waals surface area (Å²) >= 11 is 6.04. The van der Waals surface area contributed by atoms with Gasteiger partial charge in [0, 0.05) is 6.54 Å². The van der Waals surface area contributed by atoms with Gasteiger partial charge in [0.2, 0.25) is 0 Å². The second-order valence-corrected chi connectivity index (χ2v) is 7.47. The highest BCUT2D eigenvalue weighted by Gasteiger charge is 2.12. The quantitative estimate of drug-likeness (QED) is 0.348. The van der Waals surface area contributed by atoms with Crippen molar-refractivity contribution in [2.24, 2.45) is 0 Å². The molecule has 0 bridgehead atoms. The molecule has 0 unspecified atom stereocenters. The number of para-hydroxylation sites is 1. The number of rotatable bonds is 9. The van der Waals surface area contributed by atoms with E-state index in [0.29, 0.717) is 34.3 Å². The van der Waals surface area contributed by atoms with Crippen molar-refractivity contribution < 1.29 is 19.1 Å². The Labute approximate surface area is 202 Å². The third-order valence-corrected chi connectivity index (χ3v) is 5.00. The first-order valence-corrected chi connectivity index (χ1v) is 10.7. The molecule has 2 N–H and O–H groups in total. The van der Waals surface area contributed by atoms with E-state index in [0.717, 1.165) is 5.56 Å². The van der Waals surface area contributed by atoms with Gasteiger partial charge >= 0.3 is 0 Å². The molecular formula is C26H22ClN3O4. The van der Waals surface area contributed by atoms with Crippen molar-refractivity contribution in [2.45, 2.75) is 6.54 Å². The van der Waals surface area contributed by atoms with Gasteiger partial charge in [-0.25, -0.2) is 0 Å². The zero-order valence-electron chi connectivity index (χ0n) is 18.4. The van der Waals surface area contributed by atoms with E-state index in [1.54, 1.807) is 42.5 Å². The number of carbonyl (C=O) groups excluding carboxylic acids is 2. The number of methoxy groups -OCH3 is 1. The zero-order valence-corrected chi connectivity index (χ0v) is 19.1. The van der Waals surface area contributed by atoms with Crippen molar-refractivity contribution in [3.8, 4) is 17.6 Å². The number of nitrogens with zero attached hydrogens (tertiary/aromatic N) is 1. The first kappa shape index (κ1) is 24.4. The summed E-state index contributed by atoms with van der Waals surface area (Å²) in [6.45, 7) is 0.0488. The van der Waals surface area contributed by atoms with E-state index in [-0.39, 0.29) is 18.1 Å². The molecule has 0 fully saturated rings. The Kier molecular flexibility index (Phi) is 8.67. The number of hydrogen-bond acceptors (Lipinski definition) is 5. The third-order valence-electron chi connectivity index (χ3n) is 4.67. The lowest BCUT2D eigenvalue weighted by molar-refractivity contribution is -0.118. The fraction of sp³-hybridized carbons (Fsp3) is 0.115. The number of hydrogen-bond donors (Lipinski definition) is 2. The summed E-state index contributed by atoms with van der Waals surface area (Å²) in [5.41, 5.74) is 1.93. The molecule has 172 valence electrons. The van der Waals surface area contributed by atoms with Crippen molar-refractivity contribution >= 4 is 35.2 Å². The molecule has 0 aromatic heterocycles. The Hall–Kier alpha value is -4.28. The minimum absolute atomic E-state index is 0.0502. The molecule has 3 rings (SSSR count). The van der Waals surface area contributed by atoms with E-state index in [1.807, 2.05) is 36.4 Å². The molecule has 0 aliphatic carbocycles. The standard InChI is InChI=1S/C26H22ClN3O4/c1-33-24-14-19(13-20(15-28)26(32)29-16-18-7-3-2-4-8-18)11-12-23(24)34-17-25(31)30-22-10-6-5-9-21(22)27/h2-14H,16-17H2,1H3,(H,29,32)(H,30,31)/b20-13+. The van der Waals surface area contributed by atoms with Crippen LogP contribution in [0, 0.1) is 11.3 Å². The minimum Gasteiger partial charge on any atom is -0.493 e. The number of ether oxygens (including phenoxy) is 2. The summed E-state index contributed by atoms with van der Waals surface area (Å²) in [6.07, 6.45) is 1.46. The summed E-state index contributed by atoms with van der Waals surface area (Å²) < 4.78 is 10.9. The average molecular weight is 476 g/mol. The predicted molar refractivity (Wildman–Crippen MR) is 130 cm³/mol. The predicted octanol–water partition coefficient (Wildman–Crippen LogP) is 4.59. The zero-order chi connectivity index (χ0) is 24.3. The lowest BCUT2D eigenvalue weighted by Gasteiger charge is -2.12. The summed E-state index contributed by atoms with van der Waals surface area (Å²) in [5, 5.41) is 15.3. The van der Waals surface area contributed by atoms with Crippen LogP contribution in [0.3, 0.4) is 0 Å². The molecule has 2 amide bonds. The number of amides is 2. The molecule has 0 saturated carbocycles. The van der Waals surface area contributed by atoms with Crippen LogP contribution in [-0.4, -0.2) is 25.5 Å². The third kappa shape index (κ3) is 6.86. The number of nitrogens with one attached hydrogen (secondary N) is 2. The molecule has 0 atom stereocenters. The molecule has 0 heterocycles. The fourth-order valence-corrected chi connectivity index (χ4v) is 3.16. The molecule has 0 aliphatic rings. The Morgan fingerprint density at radius 3 is 2.47 bits per heavy atom. The highest BCUT2D eigenvalue weighted by molar-refractivity contribution is 6.33. The minimum atomic E-state index is -0.484. The van der Waals surface area contributed by atoms with E-state index in [4.69, 9.17) is 21.1 Å². The van der Waals surface area contributed by atoms with Crippen LogP contribution in [-0.2, 0) is 16.1 Å². The lowest BCUT2D eigenvalue weighted by Crippen LogP contribution is -2.23. The Bertz CT molecular complexity index is 1240. The highest BCUT2D eigenvalue weighted by atomic mass is 35.5. The van der Waals surface area contributed by atoms with Crippen molar-refractivity contribution in [1.29, 1.82) is 5.26 Å². The van der Waals surface area contributed by atoms with Crippen molar-refractivity contribution in [2.75, 3.05) is 19.0 Å². The summed E-state index contributed by atoms with van der Waals surface area (Å²) in [6, 6.07) is 23.1. The van der Waals surface area contributed by atoms with E-state index in [9.17, 15) is 14.9 Å². The monoisotopic (exact) mass is 475 g/mol. The maximum Gasteiger partial charge on any atom is 0.262 e. The fourth-order valence-electron chi connectivity index (χ4n) is 2.97. The van der Waals surface area contributed by atoms with Crippen LogP contribution < -0.4 is 20.1 Å². The molecule has 7 nitrogen and oxygen atoms in total. The molecule has 0 aliphatic heterocycles. The van der Waals surface area contributed by atoms with Gasteiger partial charge in [-0.05, 0) is 41.5 Å². The van der Waals surface area contributed by atoms with Gasteiger partial charge in [0.05, 0.1) is 17.8 Å². The highest BCUT2D eigenvalue weighted by Crippen LogP contribution is 2.29. The van der Waals surface area contributed by atoms with Crippen LogP contribution in [0.15, 0.2) is 78.4 Å². The maximum atomic E-state index is 12.4. The van der Waals surface area contributed by atoms with Crippen LogP contribution in [0.2, 0.25) is 5.02 Å². The number of anilines is 1. The molecule has 0 saturated heterocycles. The van der Waals surface area contributed by atoms with Gasteiger partial charge in [0.1, 0.15) is 11.6 Å². The molecule has 3 aromatic rings. The van der Waals surface area contributed by atoms with E-state index < -0.39 is 5.91 Å². The maximum absolute atomic E-state index is 12.4. The van der Waals surface area contributed by atoms with Crippen LogP contribution in [0.5, 0.6) is 11.5 Å².